The van der Waals surface area contributed by atoms with Crippen LogP contribution in [-0.4, -0.2) is 59.7 Å². The number of amides is 3. The van der Waals surface area contributed by atoms with Gasteiger partial charge in [-0.25, -0.2) is 0 Å². The molecule has 2 aromatic rings. The van der Waals surface area contributed by atoms with E-state index in [1.165, 1.54) is 5.56 Å². The first-order valence-electron chi connectivity index (χ1n) is 13.0. The molecule has 2 aromatic carbocycles. The van der Waals surface area contributed by atoms with Crippen molar-refractivity contribution in [3.8, 4) is 0 Å². The fourth-order valence-corrected chi connectivity index (χ4v) is 5.17. The van der Waals surface area contributed by atoms with Crippen LogP contribution in [-0.2, 0) is 27.2 Å². The molecule has 2 fully saturated rings. The van der Waals surface area contributed by atoms with Crippen LogP contribution in [0.1, 0.15) is 49.7 Å². The standard InChI is InChI=1S/C29H37N3O3/c33-27(17-15-23-9-3-1-4-10-23)31-19-7-13-25(21-31)29(35)30-26-14-8-20-32(22-26)28(34)18-16-24-11-5-2-6-12-24/h1-6,9-12,25-26H,7-8,13-22H2,(H,30,35)/t25-,26+/m1/s1. The predicted molar refractivity (Wildman–Crippen MR) is 137 cm³/mol. The molecule has 0 unspecified atom stereocenters. The number of carbonyl (C=O) groups is 3. The molecule has 0 aliphatic carbocycles. The van der Waals surface area contributed by atoms with Crippen LogP contribution in [0.25, 0.3) is 0 Å². The van der Waals surface area contributed by atoms with Crippen molar-refractivity contribution in [1.29, 1.82) is 0 Å². The summed E-state index contributed by atoms with van der Waals surface area (Å²) >= 11 is 0. The lowest BCUT2D eigenvalue weighted by molar-refractivity contribution is -0.137. The van der Waals surface area contributed by atoms with Gasteiger partial charge in [-0.1, -0.05) is 60.7 Å². The van der Waals surface area contributed by atoms with Crippen LogP contribution in [0.3, 0.4) is 0 Å². The molecule has 0 bridgehead atoms. The van der Waals surface area contributed by atoms with Gasteiger partial charge in [0.25, 0.3) is 0 Å². The minimum atomic E-state index is -0.173. The number of aryl methyl sites for hydroxylation is 2. The van der Waals surface area contributed by atoms with Crippen LogP contribution in [0.15, 0.2) is 60.7 Å². The summed E-state index contributed by atoms with van der Waals surface area (Å²) in [5.41, 5.74) is 2.33. The van der Waals surface area contributed by atoms with Gasteiger partial charge in [0.1, 0.15) is 0 Å². The Morgan fingerprint density at radius 2 is 1.23 bits per heavy atom. The quantitative estimate of drug-likeness (QED) is 0.634. The summed E-state index contributed by atoms with van der Waals surface area (Å²) in [6.45, 7) is 2.55. The summed E-state index contributed by atoms with van der Waals surface area (Å²) in [6, 6.07) is 20.1. The van der Waals surface area contributed by atoms with Crippen LogP contribution in [0.2, 0.25) is 0 Å². The smallest absolute Gasteiger partial charge is 0.225 e. The number of piperidine rings is 2. The molecule has 0 spiro atoms. The number of carbonyl (C=O) groups excluding carboxylic acids is 3. The van der Waals surface area contributed by atoms with E-state index in [1.54, 1.807) is 0 Å². The zero-order valence-corrected chi connectivity index (χ0v) is 20.5. The molecule has 0 aromatic heterocycles. The summed E-state index contributed by atoms with van der Waals surface area (Å²) < 4.78 is 0. The number of rotatable bonds is 8. The molecule has 3 amide bonds. The third-order valence-corrected chi connectivity index (χ3v) is 7.21. The Kier molecular flexibility index (Phi) is 8.93. The van der Waals surface area contributed by atoms with Crippen molar-refractivity contribution in [2.24, 2.45) is 5.92 Å². The first-order chi connectivity index (χ1) is 17.1. The fourth-order valence-electron chi connectivity index (χ4n) is 5.17. The summed E-state index contributed by atoms with van der Waals surface area (Å²) in [7, 11) is 0. The summed E-state index contributed by atoms with van der Waals surface area (Å²) in [6.07, 6.45) is 5.88. The Bertz CT molecular complexity index is 979. The van der Waals surface area contributed by atoms with Crippen molar-refractivity contribution < 1.29 is 14.4 Å². The lowest BCUT2D eigenvalue weighted by Crippen LogP contribution is -2.53. The van der Waals surface area contributed by atoms with Crippen molar-refractivity contribution >= 4 is 17.7 Å². The van der Waals surface area contributed by atoms with E-state index in [1.807, 2.05) is 70.5 Å². The van der Waals surface area contributed by atoms with Gasteiger partial charge in [-0.3, -0.25) is 14.4 Å². The van der Waals surface area contributed by atoms with Crippen molar-refractivity contribution in [3.63, 3.8) is 0 Å². The first kappa shape index (κ1) is 25.0. The highest BCUT2D eigenvalue weighted by Crippen LogP contribution is 2.20. The van der Waals surface area contributed by atoms with Crippen LogP contribution in [0.5, 0.6) is 0 Å². The van der Waals surface area contributed by atoms with Crippen molar-refractivity contribution in [3.05, 3.63) is 71.8 Å². The Morgan fingerprint density at radius 3 is 1.80 bits per heavy atom. The van der Waals surface area contributed by atoms with Gasteiger partial charge in [0.15, 0.2) is 0 Å². The van der Waals surface area contributed by atoms with Gasteiger partial charge in [-0.15, -0.1) is 0 Å². The van der Waals surface area contributed by atoms with Crippen molar-refractivity contribution in [1.82, 2.24) is 15.1 Å². The molecule has 1 N–H and O–H groups in total. The molecule has 4 rings (SSSR count). The van der Waals surface area contributed by atoms with Crippen molar-refractivity contribution in [2.75, 3.05) is 26.2 Å². The van der Waals surface area contributed by atoms with Gasteiger partial charge in [-0.05, 0) is 49.7 Å². The number of hydrogen-bond donors (Lipinski definition) is 1. The largest absolute Gasteiger partial charge is 0.351 e. The average molecular weight is 476 g/mol. The van der Waals surface area contributed by atoms with E-state index in [0.29, 0.717) is 25.9 Å². The van der Waals surface area contributed by atoms with Crippen LogP contribution < -0.4 is 5.32 Å². The molecule has 0 saturated carbocycles. The van der Waals surface area contributed by atoms with Gasteiger partial charge in [-0.2, -0.15) is 0 Å². The molecule has 2 atom stereocenters. The van der Waals surface area contributed by atoms with E-state index < -0.39 is 0 Å². The third kappa shape index (κ3) is 7.41. The minimum Gasteiger partial charge on any atom is -0.351 e. The van der Waals surface area contributed by atoms with E-state index >= 15 is 0 Å². The van der Waals surface area contributed by atoms with E-state index in [0.717, 1.165) is 57.2 Å². The number of nitrogens with zero attached hydrogens (tertiary/aromatic N) is 2. The maximum absolute atomic E-state index is 13.0. The monoisotopic (exact) mass is 475 g/mol. The predicted octanol–water partition coefficient (Wildman–Crippen LogP) is 3.60. The molecule has 6 heteroatoms. The first-order valence-corrected chi connectivity index (χ1v) is 13.0. The summed E-state index contributed by atoms with van der Waals surface area (Å²) in [5, 5.41) is 3.19. The highest BCUT2D eigenvalue weighted by Gasteiger charge is 2.31. The molecule has 2 aliphatic rings. The molecule has 0 radical (unpaired) electrons. The van der Waals surface area contributed by atoms with E-state index in [4.69, 9.17) is 0 Å². The Labute approximate surface area is 208 Å². The van der Waals surface area contributed by atoms with Gasteiger partial charge >= 0.3 is 0 Å². The van der Waals surface area contributed by atoms with Gasteiger partial charge in [0.2, 0.25) is 17.7 Å². The van der Waals surface area contributed by atoms with Gasteiger partial charge < -0.3 is 15.1 Å². The Hall–Kier alpha value is -3.15. The second kappa shape index (κ2) is 12.5. The molecule has 6 nitrogen and oxygen atoms in total. The van der Waals surface area contributed by atoms with E-state index in [-0.39, 0.29) is 29.7 Å². The fraction of sp³-hybridized carbons (Fsp3) is 0.483. The SMILES string of the molecule is O=C(N[C@H]1CCCN(C(=O)CCc2ccccc2)C1)[C@@H]1CCCN(C(=O)CCc2ccccc2)C1. The maximum Gasteiger partial charge on any atom is 0.225 e. The normalized spacial score (nSPS) is 20.3. The third-order valence-electron chi connectivity index (χ3n) is 7.21. The lowest BCUT2D eigenvalue weighted by Gasteiger charge is -2.36. The molecular formula is C29H37N3O3. The summed E-state index contributed by atoms with van der Waals surface area (Å²) in [5.74, 6) is 0.127. The zero-order valence-electron chi connectivity index (χ0n) is 20.5. The average Bonchev–Trinajstić information content (AvgIpc) is 2.91. The second-order valence-corrected chi connectivity index (χ2v) is 9.84. The number of likely N-dealkylation sites (tertiary alicyclic amines) is 2. The second-order valence-electron chi connectivity index (χ2n) is 9.84. The van der Waals surface area contributed by atoms with Crippen molar-refractivity contribution in [2.45, 2.75) is 57.4 Å². The van der Waals surface area contributed by atoms with Gasteiger partial charge in [0.05, 0.1) is 5.92 Å². The number of hydrogen-bond acceptors (Lipinski definition) is 3. The maximum atomic E-state index is 13.0. The zero-order chi connectivity index (χ0) is 24.5. The number of nitrogens with one attached hydrogen (secondary N) is 1. The lowest BCUT2D eigenvalue weighted by atomic mass is 9.95. The molecule has 2 saturated heterocycles. The Morgan fingerprint density at radius 1 is 0.714 bits per heavy atom. The summed E-state index contributed by atoms with van der Waals surface area (Å²) in [4.78, 5) is 42.3. The topological polar surface area (TPSA) is 69.7 Å². The Balaban J connectivity index is 1.22. The highest BCUT2D eigenvalue weighted by molar-refractivity contribution is 5.82. The molecule has 2 aliphatic heterocycles. The van der Waals surface area contributed by atoms with Crippen LogP contribution in [0.4, 0.5) is 0 Å². The van der Waals surface area contributed by atoms with Crippen LogP contribution in [0, 0.1) is 5.92 Å². The molecule has 186 valence electrons. The van der Waals surface area contributed by atoms with E-state index in [2.05, 4.69) is 5.32 Å². The molecular weight excluding hydrogens is 438 g/mol. The highest BCUT2D eigenvalue weighted by atomic mass is 16.2. The molecule has 2 heterocycles. The van der Waals surface area contributed by atoms with E-state index in [9.17, 15) is 14.4 Å². The molecule has 35 heavy (non-hydrogen) atoms. The van der Waals surface area contributed by atoms with Crippen LogP contribution >= 0.6 is 0 Å². The van der Waals surface area contributed by atoms with Gasteiger partial charge in [0, 0.05) is 45.1 Å². The minimum absolute atomic E-state index is 0.0129. The number of benzene rings is 2.